The number of carbonyl (C=O) groups is 1. The number of hydrogen-bond donors (Lipinski definition) is 2. The highest BCUT2D eigenvalue weighted by molar-refractivity contribution is 7.99. The maximum atomic E-state index is 11.9. The number of hydrogen-bond acceptors (Lipinski definition) is 4. The van der Waals surface area contributed by atoms with Crippen molar-refractivity contribution in [2.75, 3.05) is 11.1 Å². The third-order valence-electron chi connectivity index (χ3n) is 2.98. The molecule has 1 amide bonds. The van der Waals surface area contributed by atoms with Crippen LogP contribution in [0.2, 0.25) is 0 Å². The number of pyridine rings is 1. The van der Waals surface area contributed by atoms with Crippen LogP contribution in [-0.2, 0) is 17.2 Å². The van der Waals surface area contributed by atoms with Crippen molar-refractivity contribution in [3.63, 3.8) is 0 Å². The van der Waals surface area contributed by atoms with Crippen LogP contribution in [0.3, 0.4) is 0 Å². The van der Waals surface area contributed by atoms with Gasteiger partial charge in [-0.05, 0) is 18.6 Å². The average molecular weight is 302 g/mol. The van der Waals surface area contributed by atoms with Gasteiger partial charge in [-0.1, -0.05) is 29.8 Å². The minimum atomic E-state index is -0.116. The van der Waals surface area contributed by atoms with Crippen LogP contribution in [-0.4, -0.2) is 21.8 Å². The lowest BCUT2D eigenvalue weighted by molar-refractivity contribution is -0.113. The molecule has 2 N–H and O–H groups in total. The number of aryl methyl sites for hydroxylation is 1. The normalized spacial score (nSPS) is 10.4. The molecule has 110 valence electrons. The fourth-order valence-electron chi connectivity index (χ4n) is 1.81. The lowest BCUT2D eigenvalue weighted by Crippen LogP contribution is -2.15. The fraction of sp³-hybridized carbons (Fsp3) is 0.250. The molecular weight excluding hydrogens is 284 g/mol. The molecule has 0 aliphatic heterocycles. The lowest BCUT2D eigenvalue weighted by atomic mass is 10.2. The maximum absolute atomic E-state index is 11.9. The number of aliphatic hydroxyl groups excluding tert-OH is 1. The Morgan fingerprint density at radius 3 is 2.76 bits per heavy atom. The quantitative estimate of drug-likeness (QED) is 0.861. The smallest absolute Gasteiger partial charge is 0.234 e. The second-order valence-corrected chi connectivity index (χ2v) is 5.70. The molecule has 0 radical (unpaired) electrons. The maximum Gasteiger partial charge on any atom is 0.234 e. The summed E-state index contributed by atoms with van der Waals surface area (Å²) in [5, 5.41) is 12.0. The molecule has 0 aliphatic carbocycles. The Balaban J connectivity index is 1.81. The van der Waals surface area contributed by atoms with Gasteiger partial charge in [-0.2, -0.15) is 0 Å². The third-order valence-corrected chi connectivity index (χ3v) is 3.98. The summed E-state index contributed by atoms with van der Waals surface area (Å²) in [4.78, 5) is 15.8. The van der Waals surface area contributed by atoms with Crippen LogP contribution in [0.5, 0.6) is 0 Å². The zero-order chi connectivity index (χ0) is 15.1. The largest absolute Gasteiger partial charge is 0.392 e. The molecule has 1 aromatic heterocycles. The van der Waals surface area contributed by atoms with Crippen LogP contribution in [0.4, 0.5) is 5.69 Å². The van der Waals surface area contributed by atoms with Gasteiger partial charge in [-0.25, -0.2) is 0 Å². The lowest BCUT2D eigenvalue weighted by Gasteiger charge is -2.08. The van der Waals surface area contributed by atoms with Crippen LogP contribution in [0.15, 0.2) is 42.7 Å². The number of benzene rings is 1. The number of rotatable bonds is 6. The van der Waals surface area contributed by atoms with E-state index in [1.165, 1.54) is 11.1 Å². The number of carbonyl (C=O) groups excluding carboxylic acids is 1. The van der Waals surface area contributed by atoms with Gasteiger partial charge >= 0.3 is 0 Å². The Morgan fingerprint density at radius 2 is 2.05 bits per heavy atom. The summed E-state index contributed by atoms with van der Waals surface area (Å²) < 4.78 is 0. The van der Waals surface area contributed by atoms with Gasteiger partial charge in [0.15, 0.2) is 0 Å². The van der Waals surface area contributed by atoms with E-state index in [1.807, 2.05) is 0 Å². The van der Waals surface area contributed by atoms with Gasteiger partial charge in [0.2, 0.25) is 5.91 Å². The second-order valence-electron chi connectivity index (χ2n) is 4.72. The molecule has 0 saturated heterocycles. The highest BCUT2D eigenvalue weighted by atomic mass is 32.2. The fourth-order valence-corrected chi connectivity index (χ4v) is 2.59. The minimum Gasteiger partial charge on any atom is -0.392 e. The Morgan fingerprint density at radius 1 is 1.29 bits per heavy atom. The van der Waals surface area contributed by atoms with E-state index in [-0.39, 0.29) is 12.5 Å². The zero-order valence-electron chi connectivity index (χ0n) is 11.9. The molecule has 0 bridgehead atoms. The molecule has 2 aromatic rings. The first-order valence-electron chi connectivity index (χ1n) is 6.66. The SMILES string of the molecule is Cc1ccc(CSCC(=O)Nc2cnccc2CO)cc1. The summed E-state index contributed by atoms with van der Waals surface area (Å²) in [5.41, 5.74) is 3.67. The number of aromatic nitrogens is 1. The van der Waals surface area contributed by atoms with Crippen molar-refractivity contribution >= 4 is 23.4 Å². The molecule has 0 fully saturated rings. The van der Waals surface area contributed by atoms with Gasteiger partial charge in [-0.15, -0.1) is 11.8 Å². The van der Waals surface area contributed by atoms with Gasteiger partial charge in [0.05, 0.1) is 24.2 Å². The van der Waals surface area contributed by atoms with Gasteiger partial charge < -0.3 is 10.4 Å². The van der Waals surface area contributed by atoms with E-state index in [0.29, 0.717) is 17.0 Å². The van der Waals surface area contributed by atoms with E-state index >= 15 is 0 Å². The predicted molar refractivity (Wildman–Crippen MR) is 86.1 cm³/mol. The molecule has 4 nitrogen and oxygen atoms in total. The van der Waals surface area contributed by atoms with Crippen molar-refractivity contribution in [2.45, 2.75) is 19.3 Å². The predicted octanol–water partition coefficient (Wildman–Crippen LogP) is 2.75. The monoisotopic (exact) mass is 302 g/mol. The first kappa shape index (κ1) is 15.5. The molecule has 21 heavy (non-hydrogen) atoms. The summed E-state index contributed by atoms with van der Waals surface area (Å²) in [7, 11) is 0. The molecule has 5 heteroatoms. The summed E-state index contributed by atoms with van der Waals surface area (Å²) in [6.07, 6.45) is 3.14. The average Bonchev–Trinajstić information content (AvgIpc) is 2.50. The number of nitrogens with one attached hydrogen (secondary N) is 1. The van der Waals surface area contributed by atoms with E-state index in [1.54, 1.807) is 30.2 Å². The Hall–Kier alpha value is -1.85. The summed E-state index contributed by atoms with van der Waals surface area (Å²) >= 11 is 1.56. The molecule has 0 aliphatic rings. The third kappa shape index (κ3) is 4.88. The van der Waals surface area contributed by atoms with Crippen molar-refractivity contribution in [1.82, 2.24) is 4.98 Å². The van der Waals surface area contributed by atoms with E-state index in [2.05, 4.69) is 41.5 Å². The molecule has 2 rings (SSSR count). The highest BCUT2D eigenvalue weighted by Gasteiger charge is 2.06. The van der Waals surface area contributed by atoms with Gasteiger partial charge in [0.25, 0.3) is 0 Å². The summed E-state index contributed by atoms with van der Waals surface area (Å²) in [6.45, 7) is 1.94. The van der Waals surface area contributed by atoms with Crippen LogP contribution < -0.4 is 5.32 Å². The Kier molecular flexibility index (Phi) is 5.78. The number of nitrogens with zero attached hydrogens (tertiary/aromatic N) is 1. The van der Waals surface area contributed by atoms with Crippen molar-refractivity contribution in [1.29, 1.82) is 0 Å². The standard InChI is InChI=1S/C16H18N2O2S/c1-12-2-4-13(5-3-12)10-21-11-16(20)18-15-8-17-7-6-14(15)9-19/h2-8,19H,9-11H2,1H3,(H,18,20). The van der Waals surface area contributed by atoms with E-state index in [9.17, 15) is 9.90 Å². The molecule has 0 spiro atoms. The minimum absolute atomic E-state index is 0.0881. The van der Waals surface area contributed by atoms with Crippen LogP contribution in [0.25, 0.3) is 0 Å². The molecule has 0 atom stereocenters. The van der Waals surface area contributed by atoms with E-state index < -0.39 is 0 Å². The van der Waals surface area contributed by atoms with Crippen LogP contribution in [0, 0.1) is 6.92 Å². The first-order chi connectivity index (χ1) is 10.2. The molecule has 1 aromatic carbocycles. The van der Waals surface area contributed by atoms with Crippen molar-refractivity contribution in [3.05, 3.63) is 59.4 Å². The van der Waals surface area contributed by atoms with Crippen molar-refractivity contribution < 1.29 is 9.90 Å². The number of anilines is 1. The van der Waals surface area contributed by atoms with Crippen molar-refractivity contribution in [2.24, 2.45) is 0 Å². The number of thioether (sulfide) groups is 1. The molecule has 0 unspecified atom stereocenters. The van der Waals surface area contributed by atoms with Gasteiger partial charge in [-0.3, -0.25) is 9.78 Å². The zero-order valence-corrected chi connectivity index (χ0v) is 12.7. The number of aliphatic hydroxyl groups is 1. The second kappa shape index (κ2) is 7.81. The molecule has 1 heterocycles. The number of amides is 1. The van der Waals surface area contributed by atoms with E-state index in [0.717, 1.165) is 5.75 Å². The first-order valence-corrected chi connectivity index (χ1v) is 7.81. The highest BCUT2D eigenvalue weighted by Crippen LogP contribution is 2.16. The Bertz CT molecular complexity index is 599. The summed E-state index contributed by atoms with van der Waals surface area (Å²) in [6, 6.07) is 9.98. The molecule has 0 saturated carbocycles. The van der Waals surface area contributed by atoms with Crippen molar-refractivity contribution in [3.8, 4) is 0 Å². The van der Waals surface area contributed by atoms with Crippen LogP contribution in [0.1, 0.15) is 16.7 Å². The Labute approximate surface area is 128 Å². The van der Waals surface area contributed by atoms with Gasteiger partial charge in [0, 0.05) is 17.5 Å². The topological polar surface area (TPSA) is 62.2 Å². The van der Waals surface area contributed by atoms with Crippen LogP contribution >= 0.6 is 11.8 Å². The summed E-state index contributed by atoms with van der Waals surface area (Å²) in [5.74, 6) is 1.08. The molecular formula is C16H18N2O2S. The van der Waals surface area contributed by atoms with Gasteiger partial charge in [0.1, 0.15) is 0 Å². The van der Waals surface area contributed by atoms with E-state index in [4.69, 9.17) is 0 Å².